The van der Waals surface area contributed by atoms with E-state index in [1.807, 2.05) is 0 Å². The number of hydrogen-bond acceptors (Lipinski definition) is 5. The molecule has 0 saturated heterocycles. The Hall–Kier alpha value is -0.638. The Balaban J connectivity index is -0.000000195. The quantitative estimate of drug-likeness (QED) is 0.369. The molecule has 7 heteroatoms. The SMILES string of the molecule is COB(O)OC.Oc1ccccc1O.[H-].[Li+]. The average Bonchev–Trinajstić information content (AvgIpc) is 2.22. The van der Waals surface area contributed by atoms with Crippen LogP contribution >= 0.6 is 0 Å². The number of phenolic OH excluding ortho intramolecular Hbond substituents is 2. The van der Waals surface area contributed by atoms with Gasteiger partial charge in [-0.25, -0.2) is 0 Å². The number of benzene rings is 1. The molecule has 0 heterocycles. The van der Waals surface area contributed by atoms with Crippen LogP contribution in [0.2, 0.25) is 0 Å². The summed E-state index contributed by atoms with van der Waals surface area (Å²) in [5.41, 5.74) is 0. The molecule has 3 N–H and O–H groups in total. The van der Waals surface area contributed by atoms with Gasteiger partial charge in [-0.3, -0.25) is 0 Å². The molecule has 0 atom stereocenters. The zero-order valence-corrected chi connectivity index (χ0v) is 9.04. The van der Waals surface area contributed by atoms with Crippen molar-refractivity contribution in [3.05, 3.63) is 24.3 Å². The summed E-state index contributed by atoms with van der Waals surface area (Å²) in [6.45, 7) is 0. The predicted octanol–water partition coefficient (Wildman–Crippen LogP) is -2.53. The number of hydrogen-bond donors (Lipinski definition) is 3. The standard InChI is InChI=1S/C6H6O2.C2H7BO3.Li.H/c7-5-3-1-2-4-6(5)8;1-5-3(4)6-2;;/h1-4,7-8H;4H,1-2H3;;/q;;+1;-1. The summed E-state index contributed by atoms with van der Waals surface area (Å²) >= 11 is 0. The summed E-state index contributed by atoms with van der Waals surface area (Å²) in [5, 5.41) is 25.6. The van der Waals surface area contributed by atoms with Gasteiger partial charge in [0.2, 0.25) is 0 Å². The third-order valence-corrected chi connectivity index (χ3v) is 1.29. The molecule has 80 valence electrons. The molecule has 1 rings (SSSR count). The largest absolute Gasteiger partial charge is 1.00 e. The van der Waals surface area contributed by atoms with Crippen LogP contribution in [0.25, 0.3) is 0 Å². The van der Waals surface area contributed by atoms with Crippen LogP contribution in [0.1, 0.15) is 1.43 Å². The van der Waals surface area contributed by atoms with Gasteiger partial charge in [0.25, 0.3) is 0 Å². The maximum absolute atomic E-state index is 8.67. The first-order chi connectivity index (χ1) is 6.61. The molecular formula is C8H14BLiO5. The van der Waals surface area contributed by atoms with Crippen LogP contribution in [0, 0.1) is 0 Å². The molecule has 0 aromatic heterocycles. The molecule has 0 radical (unpaired) electrons. The number of phenols is 2. The summed E-state index contributed by atoms with van der Waals surface area (Å²) in [4.78, 5) is 0. The third kappa shape index (κ3) is 8.36. The molecule has 0 bridgehead atoms. The van der Waals surface area contributed by atoms with Gasteiger partial charge < -0.3 is 26.0 Å². The summed E-state index contributed by atoms with van der Waals surface area (Å²) in [6, 6.07) is 6.15. The second-order valence-corrected chi connectivity index (χ2v) is 2.27. The monoisotopic (exact) mass is 208 g/mol. The molecule has 1 aromatic carbocycles. The van der Waals surface area contributed by atoms with E-state index in [0.29, 0.717) is 0 Å². The predicted molar refractivity (Wildman–Crippen MR) is 52.9 cm³/mol. The maximum atomic E-state index is 8.67. The second kappa shape index (κ2) is 9.90. The van der Waals surface area contributed by atoms with Crippen LogP contribution in [0.3, 0.4) is 0 Å². The summed E-state index contributed by atoms with van der Waals surface area (Å²) in [7, 11) is 1.65. The van der Waals surface area contributed by atoms with Gasteiger partial charge in [-0.05, 0) is 12.1 Å². The zero-order valence-electron chi connectivity index (χ0n) is 10.0. The summed E-state index contributed by atoms with van der Waals surface area (Å²) < 4.78 is 8.47. The normalized spacial score (nSPS) is 8.20. The van der Waals surface area contributed by atoms with Crippen molar-refractivity contribution >= 4 is 7.32 Å². The van der Waals surface area contributed by atoms with E-state index in [9.17, 15) is 0 Å². The molecule has 0 unspecified atom stereocenters. The van der Waals surface area contributed by atoms with E-state index in [1.165, 1.54) is 26.4 Å². The Morgan fingerprint density at radius 1 is 1.07 bits per heavy atom. The van der Waals surface area contributed by atoms with Crippen molar-refractivity contribution < 1.29 is 44.8 Å². The van der Waals surface area contributed by atoms with Gasteiger partial charge >= 0.3 is 26.2 Å². The molecular weight excluding hydrogens is 194 g/mol. The minimum Gasteiger partial charge on any atom is -1.00 e. The van der Waals surface area contributed by atoms with Crippen LogP contribution in [0.4, 0.5) is 0 Å². The van der Waals surface area contributed by atoms with E-state index in [1.54, 1.807) is 12.1 Å². The van der Waals surface area contributed by atoms with Gasteiger partial charge in [0.1, 0.15) is 0 Å². The van der Waals surface area contributed by atoms with Crippen molar-refractivity contribution in [2.45, 2.75) is 0 Å². The topological polar surface area (TPSA) is 79.2 Å². The first-order valence-electron chi connectivity index (χ1n) is 3.82. The van der Waals surface area contributed by atoms with Gasteiger partial charge in [-0.1, -0.05) is 12.1 Å². The van der Waals surface area contributed by atoms with Crippen molar-refractivity contribution in [3.63, 3.8) is 0 Å². The molecule has 0 saturated carbocycles. The minimum atomic E-state index is -1.06. The van der Waals surface area contributed by atoms with Crippen molar-refractivity contribution in [2.75, 3.05) is 14.2 Å². The van der Waals surface area contributed by atoms with Crippen molar-refractivity contribution in [2.24, 2.45) is 0 Å². The van der Waals surface area contributed by atoms with E-state index < -0.39 is 7.32 Å². The Labute approximate surface area is 102 Å². The fourth-order valence-corrected chi connectivity index (χ4v) is 0.560. The van der Waals surface area contributed by atoms with Crippen LogP contribution in [-0.2, 0) is 9.31 Å². The molecule has 0 fully saturated rings. The van der Waals surface area contributed by atoms with Crippen LogP contribution < -0.4 is 18.9 Å². The molecule has 0 aliphatic heterocycles. The molecule has 15 heavy (non-hydrogen) atoms. The summed E-state index contributed by atoms with van der Waals surface area (Å²) in [5.74, 6) is -0.153. The second-order valence-electron chi connectivity index (χ2n) is 2.27. The molecule has 0 amide bonds. The molecule has 5 nitrogen and oxygen atoms in total. The first kappa shape index (κ1) is 16.8. The third-order valence-electron chi connectivity index (χ3n) is 1.29. The maximum Gasteiger partial charge on any atom is 1.00 e. The Kier molecular flexibility index (Phi) is 11.1. The Morgan fingerprint density at radius 2 is 1.40 bits per heavy atom. The van der Waals surface area contributed by atoms with E-state index >= 15 is 0 Å². The number of para-hydroxylation sites is 2. The molecule has 0 spiro atoms. The Morgan fingerprint density at radius 3 is 1.53 bits per heavy atom. The van der Waals surface area contributed by atoms with E-state index in [2.05, 4.69) is 9.31 Å². The van der Waals surface area contributed by atoms with Crippen LogP contribution in [0.5, 0.6) is 11.5 Å². The van der Waals surface area contributed by atoms with Gasteiger partial charge in [0.05, 0.1) is 0 Å². The zero-order chi connectivity index (χ0) is 11.0. The van der Waals surface area contributed by atoms with Gasteiger partial charge in [-0.2, -0.15) is 0 Å². The van der Waals surface area contributed by atoms with Gasteiger partial charge in [-0.15, -0.1) is 0 Å². The van der Waals surface area contributed by atoms with E-state index in [0.717, 1.165) is 0 Å². The van der Waals surface area contributed by atoms with Gasteiger partial charge in [0, 0.05) is 14.2 Å². The first-order valence-corrected chi connectivity index (χ1v) is 3.82. The number of rotatable bonds is 2. The molecule has 1 aromatic rings. The van der Waals surface area contributed by atoms with Gasteiger partial charge in [0.15, 0.2) is 11.5 Å². The smallest absolute Gasteiger partial charge is 1.00 e. The molecule has 0 aliphatic rings. The van der Waals surface area contributed by atoms with E-state index in [4.69, 9.17) is 15.2 Å². The molecule has 0 aliphatic carbocycles. The number of aromatic hydroxyl groups is 2. The fraction of sp³-hybridized carbons (Fsp3) is 0.250. The average molecular weight is 208 g/mol. The van der Waals surface area contributed by atoms with E-state index in [-0.39, 0.29) is 31.8 Å². The fourth-order valence-electron chi connectivity index (χ4n) is 0.560. The Bertz CT molecular complexity index is 241. The van der Waals surface area contributed by atoms with Crippen LogP contribution in [-0.4, -0.2) is 36.8 Å². The van der Waals surface area contributed by atoms with Crippen molar-refractivity contribution in [1.82, 2.24) is 0 Å². The van der Waals surface area contributed by atoms with Crippen LogP contribution in [0.15, 0.2) is 24.3 Å². The van der Waals surface area contributed by atoms with Crippen molar-refractivity contribution in [1.29, 1.82) is 0 Å². The minimum absolute atomic E-state index is 0. The van der Waals surface area contributed by atoms with Crippen molar-refractivity contribution in [3.8, 4) is 11.5 Å². The summed E-state index contributed by atoms with van der Waals surface area (Å²) in [6.07, 6.45) is 0.